The summed E-state index contributed by atoms with van der Waals surface area (Å²) in [7, 11) is 1.63. The van der Waals surface area contributed by atoms with E-state index in [1.807, 2.05) is 30.3 Å². The number of hydrogen-bond acceptors (Lipinski definition) is 3. The van der Waals surface area contributed by atoms with Crippen molar-refractivity contribution in [1.29, 1.82) is 5.41 Å². The number of aromatic hydroxyl groups is 1. The van der Waals surface area contributed by atoms with Crippen molar-refractivity contribution < 1.29 is 5.11 Å². The predicted molar refractivity (Wildman–Crippen MR) is 96.2 cm³/mol. The van der Waals surface area contributed by atoms with Crippen molar-refractivity contribution >= 4 is 17.3 Å². The molecule has 0 saturated carbocycles. The van der Waals surface area contributed by atoms with Gasteiger partial charge in [0, 0.05) is 23.7 Å². The number of halogens is 1. The largest absolute Gasteiger partial charge is 0.507 e. The molecule has 2 aromatic carbocycles. The van der Waals surface area contributed by atoms with Crippen molar-refractivity contribution in [2.75, 3.05) is 0 Å². The molecule has 4 nitrogen and oxygen atoms in total. The second-order valence-corrected chi connectivity index (χ2v) is 5.84. The van der Waals surface area contributed by atoms with E-state index in [0.717, 1.165) is 5.56 Å². The van der Waals surface area contributed by atoms with Crippen LogP contribution in [0.4, 0.5) is 0 Å². The Balaban J connectivity index is 2.14. The molecule has 0 spiro atoms. The Bertz CT molecular complexity index is 961. The molecular weight excluding hydrogens is 324 g/mol. The second kappa shape index (κ2) is 6.34. The van der Waals surface area contributed by atoms with Crippen molar-refractivity contribution in [3.63, 3.8) is 0 Å². The van der Waals surface area contributed by atoms with Crippen LogP contribution in [-0.4, -0.2) is 15.4 Å². The summed E-state index contributed by atoms with van der Waals surface area (Å²) in [5.41, 5.74) is 1.43. The minimum absolute atomic E-state index is 0.0282. The maximum Gasteiger partial charge on any atom is 0.264 e. The average Bonchev–Trinajstić information content (AvgIpc) is 2.59. The first-order valence-corrected chi connectivity index (χ1v) is 7.70. The van der Waals surface area contributed by atoms with Crippen LogP contribution >= 0.6 is 11.6 Å². The minimum atomic E-state index is -0.422. The van der Waals surface area contributed by atoms with E-state index >= 15 is 0 Å². The summed E-state index contributed by atoms with van der Waals surface area (Å²) in [6, 6.07) is 17.4. The molecule has 3 aromatic rings. The molecule has 120 valence electrons. The number of rotatable bonds is 3. The minimum Gasteiger partial charge on any atom is -0.507 e. The molecule has 0 atom stereocenters. The molecule has 0 aliphatic carbocycles. The van der Waals surface area contributed by atoms with E-state index in [0.29, 0.717) is 16.3 Å². The van der Waals surface area contributed by atoms with Gasteiger partial charge in [-0.25, -0.2) is 0 Å². The number of aromatic nitrogens is 1. The SMILES string of the molecule is Cn1c(-c2ccccc2)cc(O)c(C(=N)c2ccc(Cl)cc2)c1=O. The number of hydrogen-bond donors (Lipinski definition) is 2. The number of pyridine rings is 1. The Morgan fingerprint density at radius 1 is 1.08 bits per heavy atom. The Morgan fingerprint density at radius 2 is 1.71 bits per heavy atom. The Kier molecular flexibility index (Phi) is 4.23. The summed E-state index contributed by atoms with van der Waals surface area (Å²) in [4.78, 5) is 12.7. The maximum absolute atomic E-state index is 12.7. The lowest BCUT2D eigenvalue weighted by Crippen LogP contribution is -2.26. The molecule has 0 radical (unpaired) electrons. The normalized spacial score (nSPS) is 10.6. The van der Waals surface area contributed by atoms with Gasteiger partial charge in [-0.3, -0.25) is 10.2 Å². The summed E-state index contributed by atoms with van der Waals surface area (Å²) in [6.45, 7) is 0. The summed E-state index contributed by atoms with van der Waals surface area (Å²) < 4.78 is 1.44. The van der Waals surface area contributed by atoms with E-state index < -0.39 is 5.56 Å². The second-order valence-electron chi connectivity index (χ2n) is 5.40. The van der Waals surface area contributed by atoms with E-state index in [4.69, 9.17) is 17.0 Å². The van der Waals surface area contributed by atoms with Crippen LogP contribution in [-0.2, 0) is 7.05 Å². The van der Waals surface area contributed by atoms with Gasteiger partial charge in [0.15, 0.2) is 0 Å². The fourth-order valence-electron chi connectivity index (χ4n) is 2.57. The van der Waals surface area contributed by atoms with Crippen molar-refractivity contribution in [2.45, 2.75) is 0 Å². The standard InChI is InChI=1S/C19H15ClN2O2/c1-22-15(12-5-3-2-4-6-12)11-16(23)17(19(22)24)18(21)13-7-9-14(20)10-8-13/h2-11,21,23H,1H3. The molecule has 0 bridgehead atoms. The Morgan fingerprint density at radius 3 is 2.33 bits per heavy atom. The third kappa shape index (κ3) is 2.84. The maximum atomic E-state index is 12.7. The van der Waals surface area contributed by atoms with Gasteiger partial charge in [0.25, 0.3) is 5.56 Å². The third-order valence-corrected chi connectivity index (χ3v) is 4.11. The molecule has 0 fully saturated rings. The van der Waals surface area contributed by atoms with Crippen LogP contribution in [0.3, 0.4) is 0 Å². The van der Waals surface area contributed by atoms with E-state index in [-0.39, 0.29) is 17.0 Å². The van der Waals surface area contributed by atoms with E-state index in [9.17, 15) is 9.90 Å². The van der Waals surface area contributed by atoms with Gasteiger partial charge in [-0.05, 0) is 17.7 Å². The fraction of sp³-hybridized carbons (Fsp3) is 0.0526. The molecular formula is C19H15ClN2O2. The first kappa shape index (κ1) is 16.0. The lowest BCUT2D eigenvalue weighted by atomic mass is 10.0. The average molecular weight is 339 g/mol. The molecule has 3 rings (SSSR count). The molecule has 5 heteroatoms. The predicted octanol–water partition coefficient (Wildman–Crippen LogP) is 3.83. The molecule has 0 unspecified atom stereocenters. The smallest absolute Gasteiger partial charge is 0.264 e. The van der Waals surface area contributed by atoms with E-state index in [1.54, 1.807) is 31.3 Å². The summed E-state index contributed by atoms with van der Waals surface area (Å²) in [5.74, 6) is -0.211. The monoisotopic (exact) mass is 338 g/mol. The van der Waals surface area contributed by atoms with Gasteiger partial charge in [0.1, 0.15) is 11.3 Å². The molecule has 0 amide bonds. The Hall–Kier alpha value is -2.85. The molecule has 0 aliphatic heterocycles. The lowest BCUT2D eigenvalue weighted by Gasteiger charge is -2.13. The number of nitrogens with one attached hydrogen (secondary N) is 1. The van der Waals surface area contributed by atoms with Crippen molar-refractivity contribution in [3.8, 4) is 17.0 Å². The van der Waals surface area contributed by atoms with Gasteiger partial charge in [-0.2, -0.15) is 0 Å². The van der Waals surface area contributed by atoms with Gasteiger partial charge in [-0.1, -0.05) is 54.1 Å². The van der Waals surface area contributed by atoms with Crippen LogP contribution in [0.25, 0.3) is 11.3 Å². The zero-order valence-electron chi connectivity index (χ0n) is 13.0. The van der Waals surface area contributed by atoms with Crippen LogP contribution in [0.1, 0.15) is 11.1 Å². The first-order chi connectivity index (χ1) is 11.5. The number of benzene rings is 2. The summed E-state index contributed by atoms with van der Waals surface area (Å²) in [5, 5.41) is 19.2. The van der Waals surface area contributed by atoms with Crippen LogP contribution in [0.2, 0.25) is 5.02 Å². The summed E-state index contributed by atoms with van der Waals surface area (Å²) >= 11 is 5.85. The highest BCUT2D eigenvalue weighted by atomic mass is 35.5. The Labute approximate surface area is 144 Å². The van der Waals surface area contributed by atoms with Crippen molar-refractivity contribution in [2.24, 2.45) is 7.05 Å². The van der Waals surface area contributed by atoms with Gasteiger partial charge >= 0.3 is 0 Å². The van der Waals surface area contributed by atoms with Crippen LogP contribution in [0.15, 0.2) is 65.5 Å². The molecule has 0 saturated heterocycles. The van der Waals surface area contributed by atoms with Crippen LogP contribution in [0, 0.1) is 5.41 Å². The van der Waals surface area contributed by atoms with Crippen molar-refractivity contribution in [1.82, 2.24) is 4.57 Å². The zero-order valence-corrected chi connectivity index (χ0v) is 13.7. The van der Waals surface area contributed by atoms with Crippen LogP contribution in [0.5, 0.6) is 5.75 Å². The quantitative estimate of drug-likeness (QED) is 0.713. The van der Waals surface area contributed by atoms with Crippen LogP contribution < -0.4 is 5.56 Å². The van der Waals surface area contributed by atoms with Gasteiger partial charge in [0.05, 0.1) is 11.4 Å². The first-order valence-electron chi connectivity index (χ1n) is 7.32. The molecule has 2 N–H and O–H groups in total. The fourth-order valence-corrected chi connectivity index (χ4v) is 2.69. The van der Waals surface area contributed by atoms with Gasteiger partial charge in [0.2, 0.25) is 0 Å². The zero-order chi connectivity index (χ0) is 17.3. The van der Waals surface area contributed by atoms with E-state index in [1.165, 1.54) is 10.6 Å². The summed E-state index contributed by atoms with van der Waals surface area (Å²) in [6.07, 6.45) is 0. The highest BCUT2D eigenvalue weighted by molar-refractivity contribution is 6.30. The number of nitrogens with zero attached hydrogens (tertiary/aromatic N) is 1. The van der Waals surface area contributed by atoms with Crippen molar-refractivity contribution in [3.05, 3.63) is 87.2 Å². The topological polar surface area (TPSA) is 66.1 Å². The molecule has 1 aromatic heterocycles. The molecule has 24 heavy (non-hydrogen) atoms. The van der Waals surface area contributed by atoms with Gasteiger partial charge < -0.3 is 9.67 Å². The van der Waals surface area contributed by atoms with Gasteiger partial charge in [-0.15, -0.1) is 0 Å². The third-order valence-electron chi connectivity index (χ3n) is 3.86. The highest BCUT2D eigenvalue weighted by Gasteiger charge is 2.18. The highest BCUT2D eigenvalue weighted by Crippen LogP contribution is 2.25. The lowest BCUT2D eigenvalue weighted by molar-refractivity contribution is 0.471. The molecule has 0 aliphatic rings. The molecule has 1 heterocycles. The van der Waals surface area contributed by atoms with E-state index in [2.05, 4.69) is 0 Å².